The van der Waals surface area contributed by atoms with Crippen molar-refractivity contribution < 1.29 is 4.79 Å². The normalized spacial score (nSPS) is 20.4. The molecule has 1 aromatic rings. The third-order valence-corrected chi connectivity index (χ3v) is 4.01. The summed E-state index contributed by atoms with van der Waals surface area (Å²) in [4.78, 5) is 18.4. The van der Waals surface area contributed by atoms with Crippen LogP contribution in [0.25, 0.3) is 0 Å². The monoisotopic (exact) mass is 302 g/mol. The van der Waals surface area contributed by atoms with Crippen molar-refractivity contribution in [2.45, 2.75) is 32.9 Å². The van der Waals surface area contributed by atoms with E-state index in [4.69, 9.17) is 0 Å². The van der Waals surface area contributed by atoms with E-state index in [0.717, 1.165) is 5.56 Å². The quantitative estimate of drug-likeness (QED) is 0.620. The molecule has 2 rings (SSSR count). The number of rotatable bonds is 6. The van der Waals surface area contributed by atoms with E-state index < -0.39 is 0 Å². The Morgan fingerprint density at radius 1 is 1.36 bits per heavy atom. The molecule has 0 radical (unpaired) electrons. The van der Waals surface area contributed by atoms with Crippen LogP contribution in [0, 0.1) is 5.92 Å². The molecule has 0 saturated heterocycles. The number of aliphatic imine (C=N–C) groups is 1. The fraction of sp³-hybridized carbons (Fsp3) is 0.529. The molecule has 1 aliphatic carbocycles. The van der Waals surface area contributed by atoms with Gasteiger partial charge in [0.05, 0.1) is 6.54 Å². The zero-order valence-electron chi connectivity index (χ0n) is 13.7. The molecule has 1 saturated carbocycles. The first-order valence-corrected chi connectivity index (χ1v) is 7.93. The highest BCUT2D eigenvalue weighted by Crippen LogP contribution is 2.28. The molecule has 1 fully saturated rings. The van der Waals surface area contributed by atoms with Gasteiger partial charge in [-0.05, 0) is 24.8 Å². The van der Waals surface area contributed by atoms with Crippen LogP contribution < -0.4 is 10.6 Å². The highest BCUT2D eigenvalue weighted by Gasteiger charge is 2.33. The summed E-state index contributed by atoms with van der Waals surface area (Å²) in [6.45, 7) is 5.81. The van der Waals surface area contributed by atoms with E-state index in [1.54, 1.807) is 7.05 Å². The SMILES string of the molecule is CCN(Cc1ccccc1)C(=O)CNC(=NC)NC1CC1C. The molecule has 5 nitrogen and oxygen atoms in total. The first-order valence-electron chi connectivity index (χ1n) is 7.93. The van der Waals surface area contributed by atoms with Crippen molar-refractivity contribution in [3.8, 4) is 0 Å². The second kappa shape index (κ2) is 7.82. The van der Waals surface area contributed by atoms with Crippen molar-refractivity contribution in [2.24, 2.45) is 10.9 Å². The molecule has 0 heterocycles. The maximum atomic E-state index is 12.3. The van der Waals surface area contributed by atoms with Crippen LogP contribution >= 0.6 is 0 Å². The van der Waals surface area contributed by atoms with E-state index >= 15 is 0 Å². The van der Waals surface area contributed by atoms with Crippen LogP contribution in [0.5, 0.6) is 0 Å². The van der Waals surface area contributed by atoms with Crippen LogP contribution in [0.2, 0.25) is 0 Å². The highest BCUT2D eigenvalue weighted by molar-refractivity contribution is 5.86. The Bertz CT molecular complexity index is 515. The van der Waals surface area contributed by atoms with Crippen LogP contribution in [0.1, 0.15) is 25.8 Å². The maximum Gasteiger partial charge on any atom is 0.242 e. The van der Waals surface area contributed by atoms with Crippen LogP contribution in [-0.2, 0) is 11.3 Å². The van der Waals surface area contributed by atoms with E-state index in [-0.39, 0.29) is 12.5 Å². The van der Waals surface area contributed by atoms with Crippen molar-refractivity contribution in [3.63, 3.8) is 0 Å². The summed E-state index contributed by atoms with van der Waals surface area (Å²) >= 11 is 0. The van der Waals surface area contributed by atoms with Gasteiger partial charge in [-0.25, -0.2) is 0 Å². The Morgan fingerprint density at radius 2 is 2.05 bits per heavy atom. The Morgan fingerprint density at radius 3 is 2.59 bits per heavy atom. The summed E-state index contributed by atoms with van der Waals surface area (Å²) in [5.74, 6) is 1.48. The van der Waals surface area contributed by atoms with E-state index in [0.29, 0.717) is 31.0 Å². The van der Waals surface area contributed by atoms with Gasteiger partial charge < -0.3 is 15.5 Å². The zero-order valence-corrected chi connectivity index (χ0v) is 13.7. The van der Waals surface area contributed by atoms with Crippen LogP contribution in [0.4, 0.5) is 0 Å². The first kappa shape index (κ1) is 16.3. The first-order chi connectivity index (χ1) is 10.6. The van der Waals surface area contributed by atoms with Gasteiger partial charge in [0, 0.05) is 26.2 Å². The Labute approximate surface area is 132 Å². The molecule has 0 aromatic heterocycles. The number of amides is 1. The molecule has 0 aliphatic heterocycles. The fourth-order valence-electron chi connectivity index (χ4n) is 2.34. The summed E-state index contributed by atoms with van der Waals surface area (Å²) in [7, 11) is 1.73. The predicted molar refractivity (Wildman–Crippen MR) is 89.6 cm³/mol. The third kappa shape index (κ3) is 4.76. The number of hydrogen-bond acceptors (Lipinski definition) is 2. The summed E-state index contributed by atoms with van der Waals surface area (Å²) in [6.07, 6.45) is 1.17. The number of nitrogens with one attached hydrogen (secondary N) is 2. The van der Waals surface area contributed by atoms with Gasteiger partial charge in [0.2, 0.25) is 5.91 Å². The third-order valence-electron chi connectivity index (χ3n) is 4.01. The molecule has 5 heteroatoms. The Balaban J connectivity index is 1.81. The molecule has 0 spiro atoms. The number of likely N-dealkylation sites (N-methyl/N-ethyl adjacent to an activating group) is 1. The number of carbonyl (C=O) groups is 1. The highest BCUT2D eigenvalue weighted by atomic mass is 16.2. The molecule has 2 atom stereocenters. The minimum absolute atomic E-state index is 0.0816. The van der Waals surface area contributed by atoms with E-state index in [9.17, 15) is 4.79 Å². The molecule has 22 heavy (non-hydrogen) atoms. The van der Waals surface area contributed by atoms with E-state index in [2.05, 4.69) is 22.5 Å². The molecule has 0 bridgehead atoms. The smallest absolute Gasteiger partial charge is 0.242 e. The molecule has 1 aliphatic rings. The Hall–Kier alpha value is -2.04. The number of carbonyl (C=O) groups excluding carboxylic acids is 1. The van der Waals surface area contributed by atoms with E-state index in [1.807, 2.05) is 42.2 Å². The summed E-state index contributed by atoms with van der Waals surface area (Å²) < 4.78 is 0. The average Bonchev–Trinajstić information content (AvgIpc) is 3.24. The van der Waals surface area contributed by atoms with Gasteiger partial charge in [-0.2, -0.15) is 0 Å². The van der Waals surface area contributed by atoms with Gasteiger partial charge >= 0.3 is 0 Å². The maximum absolute atomic E-state index is 12.3. The van der Waals surface area contributed by atoms with Crippen LogP contribution in [0.3, 0.4) is 0 Å². The number of guanidine groups is 1. The Kier molecular flexibility index (Phi) is 5.81. The summed E-state index contributed by atoms with van der Waals surface area (Å²) in [6, 6.07) is 10.5. The average molecular weight is 302 g/mol. The molecular formula is C17H26N4O. The van der Waals surface area contributed by atoms with Gasteiger partial charge in [0.1, 0.15) is 0 Å². The number of hydrogen-bond donors (Lipinski definition) is 2. The lowest BCUT2D eigenvalue weighted by Crippen LogP contribution is -2.45. The summed E-state index contributed by atoms with van der Waals surface area (Å²) in [5, 5.41) is 6.43. The van der Waals surface area contributed by atoms with Gasteiger partial charge in [0.25, 0.3) is 0 Å². The minimum Gasteiger partial charge on any atom is -0.353 e. The lowest BCUT2D eigenvalue weighted by Gasteiger charge is -2.22. The predicted octanol–water partition coefficient (Wildman–Crippen LogP) is 1.61. The molecule has 1 amide bonds. The van der Waals surface area contributed by atoms with Gasteiger partial charge in [-0.15, -0.1) is 0 Å². The molecule has 120 valence electrons. The standard InChI is InChI=1S/C17H26N4O/c1-4-21(12-14-8-6-5-7-9-14)16(22)11-19-17(18-3)20-15-10-13(15)2/h5-9,13,15H,4,10-12H2,1-3H3,(H2,18,19,20). The minimum atomic E-state index is 0.0816. The van der Waals surface area contributed by atoms with Gasteiger partial charge in [-0.1, -0.05) is 37.3 Å². The van der Waals surface area contributed by atoms with Crippen LogP contribution in [-0.4, -0.2) is 42.9 Å². The second-order valence-corrected chi connectivity index (χ2v) is 5.78. The second-order valence-electron chi connectivity index (χ2n) is 5.78. The summed E-state index contributed by atoms with van der Waals surface area (Å²) in [5.41, 5.74) is 1.15. The fourth-order valence-corrected chi connectivity index (χ4v) is 2.34. The van der Waals surface area contributed by atoms with Gasteiger partial charge in [-0.3, -0.25) is 9.79 Å². The van der Waals surface area contributed by atoms with Gasteiger partial charge in [0.15, 0.2) is 5.96 Å². The molecule has 2 N–H and O–H groups in total. The van der Waals surface area contributed by atoms with Crippen molar-refractivity contribution >= 4 is 11.9 Å². The van der Waals surface area contributed by atoms with Crippen molar-refractivity contribution in [1.29, 1.82) is 0 Å². The lowest BCUT2D eigenvalue weighted by atomic mass is 10.2. The van der Waals surface area contributed by atoms with Crippen molar-refractivity contribution in [1.82, 2.24) is 15.5 Å². The molecule has 2 unspecified atom stereocenters. The zero-order chi connectivity index (χ0) is 15.9. The number of benzene rings is 1. The molecule has 1 aromatic carbocycles. The van der Waals surface area contributed by atoms with Crippen molar-refractivity contribution in [2.75, 3.05) is 20.1 Å². The molecular weight excluding hydrogens is 276 g/mol. The topological polar surface area (TPSA) is 56.7 Å². The van der Waals surface area contributed by atoms with Crippen molar-refractivity contribution in [3.05, 3.63) is 35.9 Å². The van der Waals surface area contributed by atoms with E-state index in [1.165, 1.54) is 6.42 Å². The largest absolute Gasteiger partial charge is 0.353 e. The number of nitrogens with zero attached hydrogens (tertiary/aromatic N) is 2. The lowest BCUT2D eigenvalue weighted by molar-refractivity contribution is -0.130. The van der Waals surface area contributed by atoms with Crippen LogP contribution in [0.15, 0.2) is 35.3 Å².